The molecule has 0 spiro atoms. The van der Waals surface area contributed by atoms with Gasteiger partial charge in [0.05, 0.1) is 0 Å². The first kappa shape index (κ1) is 16.0. The van der Waals surface area contributed by atoms with Gasteiger partial charge in [-0.15, -0.1) is 0 Å². The van der Waals surface area contributed by atoms with E-state index in [0.29, 0.717) is 23.7 Å². The summed E-state index contributed by atoms with van der Waals surface area (Å²) < 4.78 is 0. The summed E-state index contributed by atoms with van der Waals surface area (Å²) >= 11 is 1.46. The van der Waals surface area contributed by atoms with Crippen molar-refractivity contribution < 1.29 is 9.90 Å². The van der Waals surface area contributed by atoms with Crippen molar-refractivity contribution in [1.29, 1.82) is 0 Å². The van der Waals surface area contributed by atoms with Crippen LogP contribution in [0, 0.1) is 6.92 Å². The predicted octanol–water partition coefficient (Wildman–Crippen LogP) is 1.54. The lowest BCUT2D eigenvalue weighted by Gasteiger charge is -2.28. The predicted molar refractivity (Wildman–Crippen MR) is 81.7 cm³/mol. The lowest BCUT2D eigenvalue weighted by atomic mass is 9.97. The average Bonchev–Trinajstić information content (AvgIpc) is 2.71. The van der Waals surface area contributed by atoms with Gasteiger partial charge in [-0.2, -0.15) is 0 Å². The van der Waals surface area contributed by atoms with Crippen molar-refractivity contribution in [2.24, 2.45) is 0 Å². The van der Waals surface area contributed by atoms with Crippen LogP contribution in [0.3, 0.4) is 0 Å². The normalized spacial score (nSPS) is 25.4. The molecular formula is C14H21N3O3S. The van der Waals surface area contributed by atoms with Crippen LogP contribution in [0.1, 0.15) is 38.8 Å². The molecule has 2 rings (SSSR count). The number of aromatic amines is 1. The van der Waals surface area contributed by atoms with E-state index < -0.39 is 11.5 Å². The standard InChI is InChI=1S/C14H21N3O3S/c1-8(2)17-14(12(19)20)5-4-10(7-14)21-13-15-9(3)6-11(18)16-13/h6,8,10,17H,4-5,7H2,1-3H3,(H,19,20)(H,15,16,18). The Bertz CT molecular complexity index is 587. The van der Waals surface area contributed by atoms with E-state index in [4.69, 9.17) is 0 Å². The molecule has 1 fully saturated rings. The van der Waals surface area contributed by atoms with Gasteiger partial charge in [-0.3, -0.25) is 14.9 Å². The molecule has 0 bridgehead atoms. The number of carboxylic acid groups (broad SMARTS) is 1. The lowest BCUT2D eigenvalue weighted by Crippen LogP contribution is -2.53. The van der Waals surface area contributed by atoms with Crippen LogP contribution in [0.25, 0.3) is 0 Å². The van der Waals surface area contributed by atoms with Gasteiger partial charge in [0.15, 0.2) is 5.16 Å². The Balaban J connectivity index is 2.10. The minimum Gasteiger partial charge on any atom is -0.480 e. The van der Waals surface area contributed by atoms with Gasteiger partial charge >= 0.3 is 5.97 Å². The van der Waals surface area contributed by atoms with Crippen LogP contribution in [-0.4, -0.2) is 37.9 Å². The summed E-state index contributed by atoms with van der Waals surface area (Å²) in [6.45, 7) is 5.67. The molecule has 1 heterocycles. The molecule has 1 aliphatic carbocycles. The van der Waals surface area contributed by atoms with Crippen molar-refractivity contribution in [2.45, 2.75) is 62.0 Å². The van der Waals surface area contributed by atoms with Crippen LogP contribution in [0.15, 0.2) is 16.0 Å². The van der Waals surface area contributed by atoms with Crippen LogP contribution in [0.2, 0.25) is 0 Å². The maximum atomic E-state index is 11.6. The monoisotopic (exact) mass is 311 g/mol. The largest absolute Gasteiger partial charge is 0.480 e. The first-order valence-electron chi connectivity index (χ1n) is 7.06. The van der Waals surface area contributed by atoms with E-state index in [9.17, 15) is 14.7 Å². The van der Waals surface area contributed by atoms with Gasteiger partial charge in [-0.1, -0.05) is 11.8 Å². The molecule has 0 saturated heterocycles. The fraction of sp³-hybridized carbons (Fsp3) is 0.643. The maximum absolute atomic E-state index is 11.6. The Kier molecular flexibility index (Phi) is 4.73. The number of hydrogen-bond acceptors (Lipinski definition) is 5. The Morgan fingerprint density at radius 3 is 2.90 bits per heavy atom. The number of aliphatic carboxylic acids is 1. The van der Waals surface area contributed by atoms with Crippen LogP contribution < -0.4 is 10.9 Å². The molecule has 1 aliphatic rings. The van der Waals surface area contributed by atoms with Gasteiger partial charge < -0.3 is 10.1 Å². The quantitative estimate of drug-likeness (QED) is 0.714. The molecule has 6 nitrogen and oxygen atoms in total. The van der Waals surface area contributed by atoms with Crippen LogP contribution >= 0.6 is 11.8 Å². The number of rotatable bonds is 5. The molecule has 2 atom stereocenters. The van der Waals surface area contributed by atoms with E-state index in [1.54, 1.807) is 6.92 Å². The van der Waals surface area contributed by atoms with Crippen LogP contribution in [0.5, 0.6) is 0 Å². The van der Waals surface area contributed by atoms with E-state index in [1.165, 1.54) is 17.8 Å². The molecule has 116 valence electrons. The molecule has 1 saturated carbocycles. The summed E-state index contributed by atoms with van der Waals surface area (Å²) in [7, 11) is 0. The minimum atomic E-state index is -0.865. The van der Waals surface area contributed by atoms with Crippen molar-refractivity contribution in [3.63, 3.8) is 0 Å². The second-order valence-electron chi connectivity index (χ2n) is 5.86. The molecule has 0 aliphatic heterocycles. The maximum Gasteiger partial charge on any atom is 0.323 e. The number of thioether (sulfide) groups is 1. The number of carbonyl (C=O) groups is 1. The Morgan fingerprint density at radius 1 is 1.62 bits per heavy atom. The second-order valence-corrected chi connectivity index (χ2v) is 7.15. The number of nitrogens with one attached hydrogen (secondary N) is 2. The van der Waals surface area contributed by atoms with E-state index in [1.807, 2.05) is 13.8 Å². The Morgan fingerprint density at radius 2 is 2.33 bits per heavy atom. The summed E-state index contributed by atoms with van der Waals surface area (Å²) in [5.41, 5.74) is -0.368. The molecule has 1 aromatic heterocycles. The SMILES string of the molecule is Cc1cc(=O)[nH]c(SC2CCC(NC(C)C)(C(=O)O)C2)n1. The first-order chi connectivity index (χ1) is 9.80. The molecular weight excluding hydrogens is 290 g/mol. The van der Waals surface area contributed by atoms with Gasteiger partial charge in [0.2, 0.25) is 0 Å². The average molecular weight is 311 g/mol. The van der Waals surface area contributed by atoms with Crippen LogP contribution in [-0.2, 0) is 4.79 Å². The minimum absolute atomic E-state index is 0.113. The third-order valence-electron chi connectivity index (χ3n) is 3.57. The van der Waals surface area contributed by atoms with E-state index in [2.05, 4.69) is 15.3 Å². The summed E-state index contributed by atoms with van der Waals surface area (Å²) in [5.74, 6) is -0.801. The molecule has 0 amide bonds. The van der Waals surface area contributed by atoms with E-state index >= 15 is 0 Å². The molecule has 3 N–H and O–H groups in total. The lowest BCUT2D eigenvalue weighted by molar-refractivity contribution is -0.145. The van der Waals surface area contributed by atoms with Crippen LogP contribution in [0.4, 0.5) is 0 Å². The summed E-state index contributed by atoms with van der Waals surface area (Å²) in [6.07, 6.45) is 1.91. The zero-order chi connectivity index (χ0) is 15.6. The number of nitrogens with zero attached hydrogens (tertiary/aromatic N) is 1. The Hall–Kier alpha value is -1.34. The van der Waals surface area contributed by atoms with E-state index in [0.717, 1.165) is 6.42 Å². The molecule has 2 unspecified atom stereocenters. The smallest absolute Gasteiger partial charge is 0.323 e. The first-order valence-corrected chi connectivity index (χ1v) is 7.94. The highest BCUT2D eigenvalue weighted by Crippen LogP contribution is 2.39. The van der Waals surface area contributed by atoms with Crippen molar-refractivity contribution in [2.75, 3.05) is 0 Å². The Labute approximate surface area is 127 Å². The fourth-order valence-electron chi connectivity index (χ4n) is 2.81. The third kappa shape index (κ3) is 3.85. The molecule has 0 radical (unpaired) electrons. The van der Waals surface area contributed by atoms with Crippen molar-refractivity contribution in [1.82, 2.24) is 15.3 Å². The summed E-state index contributed by atoms with van der Waals surface area (Å²) in [4.78, 5) is 30.1. The summed E-state index contributed by atoms with van der Waals surface area (Å²) in [5, 5.41) is 13.4. The second kappa shape index (κ2) is 6.19. The van der Waals surface area contributed by atoms with Gasteiger partial charge in [0, 0.05) is 23.1 Å². The van der Waals surface area contributed by atoms with Crippen molar-refractivity contribution >= 4 is 17.7 Å². The van der Waals surface area contributed by atoms with Gasteiger partial charge in [0.1, 0.15) is 5.54 Å². The number of H-pyrrole nitrogens is 1. The van der Waals surface area contributed by atoms with Crippen molar-refractivity contribution in [3.05, 3.63) is 22.1 Å². The molecule has 0 aromatic carbocycles. The van der Waals surface area contributed by atoms with Crippen molar-refractivity contribution in [3.8, 4) is 0 Å². The number of carboxylic acids is 1. The molecule has 21 heavy (non-hydrogen) atoms. The highest BCUT2D eigenvalue weighted by Gasteiger charge is 2.46. The van der Waals surface area contributed by atoms with Gasteiger partial charge in [-0.25, -0.2) is 4.98 Å². The zero-order valence-electron chi connectivity index (χ0n) is 12.5. The fourth-order valence-corrected chi connectivity index (χ4v) is 4.08. The number of hydrogen-bond donors (Lipinski definition) is 3. The van der Waals surface area contributed by atoms with E-state index in [-0.39, 0.29) is 16.9 Å². The number of aromatic nitrogens is 2. The zero-order valence-corrected chi connectivity index (χ0v) is 13.3. The topological polar surface area (TPSA) is 95.1 Å². The third-order valence-corrected chi connectivity index (χ3v) is 4.72. The number of aryl methyl sites for hydroxylation is 1. The molecule has 1 aromatic rings. The van der Waals surface area contributed by atoms with Gasteiger partial charge in [0.25, 0.3) is 5.56 Å². The molecule has 7 heteroatoms. The summed E-state index contributed by atoms with van der Waals surface area (Å²) in [6, 6.07) is 1.56. The highest BCUT2D eigenvalue weighted by molar-refractivity contribution is 7.99. The van der Waals surface area contributed by atoms with Gasteiger partial charge in [-0.05, 0) is 40.0 Å². The highest BCUT2D eigenvalue weighted by atomic mass is 32.2.